The molecule has 1 aromatic heterocycles. The van der Waals surface area contributed by atoms with Gasteiger partial charge >= 0.3 is 0 Å². The van der Waals surface area contributed by atoms with Crippen LogP contribution in [0.2, 0.25) is 0 Å². The SMILES string of the molecule is CC(N)Cc1ccn(CCOC(C)(C)C)c1. The lowest BCUT2D eigenvalue weighted by Crippen LogP contribution is -2.21. The van der Waals surface area contributed by atoms with E-state index in [0.717, 1.165) is 19.6 Å². The Morgan fingerprint density at radius 1 is 1.44 bits per heavy atom. The molecule has 92 valence electrons. The number of rotatable bonds is 5. The molecule has 0 amide bonds. The van der Waals surface area contributed by atoms with Crippen LogP contribution in [0.3, 0.4) is 0 Å². The maximum Gasteiger partial charge on any atom is 0.0652 e. The van der Waals surface area contributed by atoms with Gasteiger partial charge in [-0.25, -0.2) is 0 Å². The van der Waals surface area contributed by atoms with Crippen molar-refractivity contribution in [2.45, 2.75) is 52.3 Å². The fraction of sp³-hybridized carbons (Fsp3) is 0.692. The Kier molecular flexibility index (Phi) is 4.56. The van der Waals surface area contributed by atoms with E-state index in [2.05, 4.69) is 43.8 Å². The van der Waals surface area contributed by atoms with E-state index < -0.39 is 0 Å². The second-order valence-electron chi connectivity index (χ2n) is 5.40. The summed E-state index contributed by atoms with van der Waals surface area (Å²) in [5.74, 6) is 0. The second-order valence-corrected chi connectivity index (χ2v) is 5.40. The molecule has 1 unspecified atom stereocenters. The van der Waals surface area contributed by atoms with Gasteiger partial charge in [0.1, 0.15) is 0 Å². The predicted octanol–water partition coefficient (Wildman–Crippen LogP) is 2.19. The Balaban J connectivity index is 2.35. The van der Waals surface area contributed by atoms with E-state index >= 15 is 0 Å². The molecule has 0 aliphatic rings. The lowest BCUT2D eigenvalue weighted by molar-refractivity contribution is -0.00679. The molecular formula is C13H24N2O. The molecular weight excluding hydrogens is 200 g/mol. The molecule has 1 heterocycles. The van der Waals surface area contributed by atoms with Crippen molar-refractivity contribution < 1.29 is 4.74 Å². The third-order valence-corrected chi connectivity index (χ3v) is 2.25. The first-order valence-electron chi connectivity index (χ1n) is 5.91. The fourth-order valence-electron chi connectivity index (χ4n) is 1.58. The van der Waals surface area contributed by atoms with Crippen molar-refractivity contribution in [3.05, 3.63) is 24.0 Å². The standard InChI is InChI=1S/C13H24N2O/c1-11(14)9-12-5-6-15(10-12)7-8-16-13(2,3)4/h5-6,10-11H,7-9,14H2,1-4H3. The molecule has 0 bridgehead atoms. The van der Waals surface area contributed by atoms with Crippen LogP contribution in [-0.4, -0.2) is 22.8 Å². The highest BCUT2D eigenvalue weighted by Crippen LogP contribution is 2.08. The average Bonchev–Trinajstić information content (AvgIpc) is 2.49. The van der Waals surface area contributed by atoms with Crippen molar-refractivity contribution in [1.29, 1.82) is 0 Å². The summed E-state index contributed by atoms with van der Waals surface area (Å²) in [6.45, 7) is 9.89. The van der Waals surface area contributed by atoms with E-state index in [-0.39, 0.29) is 11.6 Å². The summed E-state index contributed by atoms with van der Waals surface area (Å²) in [5, 5.41) is 0. The maximum absolute atomic E-state index is 5.76. The Morgan fingerprint density at radius 3 is 2.69 bits per heavy atom. The zero-order valence-electron chi connectivity index (χ0n) is 10.9. The monoisotopic (exact) mass is 224 g/mol. The van der Waals surface area contributed by atoms with Crippen molar-refractivity contribution in [3.63, 3.8) is 0 Å². The van der Waals surface area contributed by atoms with Crippen molar-refractivity contribution >= 4 is 0 Å². The third kappa shape index (κ3) is 5.33. The van der Waals surface area contributed by atoms with Gasteiger partial charge in [-0.3, -0.25) is 0 Å². The number of nitrogens with two attached hydrogens (primary N) is 1. The van der Waals surface area contributed by atoms with Gasteiger partial charge in [-0.2, -0.15) is 0 Å². The highest BCUT2D eigenvalue weighted by atomic mass is 16.5. The normalized spacial score (nSPS) is 14.1. The Hall–Kier alpha value is -0.800. The van der Waals surface area contributed by atoms with Gasteiger partial charge in [0.2, 0.25) is 0 Å². The van der Waals surface area contributed by atoms with E-state index in [1.807, 2.05) is 6.92 Å². The van der Waals surface area contributed by atoms with Crippen LogP contribution in [0.15, 0.2) is 18.5 Å². The lowest BCUT2D eigenvalue weighted by atomic mass is 10.1. The van der Waals surface area contributed by atoms with Crippen LogP contribution in [0.4, 0.5) is 0 Å². The quantitative estimate of drug-likeness (QED) is 0.833. The minimum atomic E-state index is -0.0538. The molecule has 0 aromatic carbocycles. The van der Waals surface area contributed by atoms with Gasteiger partial charge in [-0.05, 0) is 45.7 Å². The molecule has 1 atom stereocenters. The van der Waals surface area contributed by atoms with Crippen LogP contribution in [-0.2, 0) is 17.7 Å². The number of ether oxygens (including phenoxy) is 1. The van der Waals surface area contributed by atoms with E-state index in [0.29, 0.717) is 0 Å². The van der Waals surface area contributed by atoms with Crippen molar-refractivity contribution in [1.82, 2.24) is 4.57 Å². The van der Waals surface area contributed by atoms with Gasteiger partial charge in [0, 0.05) is 25.0 Å². The van der Waals surface area contributed by atoms with Crippen LogP contribution in [0.5, 0.6) is 0 Å². The summed E-state index contributed by atoms with van der Waals surface area (Å²) >= 11 is 0. The van der Waals surface area contributed by atoms with E-state index in [1.54, 1.807) is 0 Å². The number of aromatic nitrogens is 1. The van der Waals surface area contributed by atoms with Crippen LogP contribution in [0.1, 0.15) is 33.3 Å². The molecule has 2 N–H and O–H groups in total. The first-order valence-corrected chi connectivity index (χ1v) is 5.91. The van der Waals surface area contributed by atoms with Gasteiger partial charge in [-0.1, -0.05) is 0 Å². The topological polar surface area (TPSA) is 40.2 Å². The van der Waals surface area contributed by atoms with Crippen LogP contribution in [0, 0.1) is 0 Å². The van der Waals surface area contributed by atoms with Crippen molar-refractivity contribution in [2.24, 2.45) is 5.73 Å². The van der Waals surface area contributed by atoms with Crippen molar-refractivity contribution in [3.8, 4) is 0 Å². The van der Waals surface area contributed by atoms with Crippen LogP contribution >= 0.6 is 0 Å². The predicted molar refractivity (Wildman–Crippen MR) is 67.5 cm³/mol. The molecule has 0 spiro atoms. The summed E-state index contributed by atoms with van der Waals surface area (Å²) in [6, 6.07) is 2.35. The molecule has 0 aliphatic heterocycles. The van der Waals surface area contributed by atoms with Gasteiger partial charge < -0.3 is 15.0 Å². The smallest absolute Gasteiger partial charge is 0.0652 e. The molecule has 0 saturated carbocycles. The Morgan fingerprint density at radius 2 is 2.12 bits per heavy atom. The number of nitrogens with zero attached hydrogens (tertiary/aromatic N) is 1. The molecule has 3 nitrogen and oxygen atoms in total. The molecule has 0 saturated heterocycles. The average molecular weight is 224 g/mol. The largest absolute Gasteiger partial charge is 0.374 e. The first-order chi connectivity index (χ1) is 7.37. The fourth-order valence-corrected chi connectivity index (χ4v) is 1.58. The van der Waals surface area contributed by atoms with E-state index in [1.165, 1.54) is 5.56 Å². The first kappa shape index (κ1) is 13.3. The zero-order chi connectivity index (χ0) is 12.2. The summed E-state index contributed by atoms with van der Waals surface area (Å²) in [7, 11) is 0. The Bertz CT molecular complexity index is 310. The summed E-state index contributed by atoms with van der Waals surface area (Å²) in [4.78, 5) is 0. The molecule has 1 aromatic rings. The van der Waals surface area contributed by atoms with Gasteiger partial charge in [0.15, 0.2) is 0 Å². The summed E-state index contributed by atoms with van der Waals surface area (Å²) < 4.78 is 7.83. The number of hydrogen-bond acceptors (Lipinski definition) is 2. The molecule has 0 aliphatic carbocycles. The maximum atomic E-state index is 5.76. The lowest BCUT2D eigenvalue weighted by Gasteiger charge is -2.19. The van der Waals surface area contributed by atoms with Crippen LogP contribution in [0.25, 0.3) is 0 Å². The number of hydrogen-bond donors (Lipinski definition) is 1. The van der Waals surface area contributed by atoms with Gasteiger partial charge in [-0.15, -0.1) is 0 Å². The summed E-state index contributed by atoms with van der Waals surface area (Å²) in [5.41, 5.74) is 7.00. The van der Waals surface area contributed by atoms with Gasteiger partial charge in [0.25, 0.3) is 0 Å². The molecule has 0 fully saturated rings. The molecule has 3 heteroatoms. The van der Waals surface area contributed by atoms with Gasteiger partial charge in [0.05, 0.1) is 12.2 Å². The van der Waals surface area contributed by atoms with Crippen LogP contribution < -0.4 is 5.73 Å². The highest BCUT2D eigenvalue weighted by molar-refractivity contribution is 5.11. The van der Waals surface area contributed by atoms with E-state index in [9.17, 15) is 0 Å². The third-order valence-electron chi connectivity index (χ3n) is 2.25. The highest BCUT2D eigenvalue weighted by Gasteiger charge is 2.09. The van der Waals surface area contributed by atoms with E-state index in [4.69, 9.17) is 10.5 Å². The second kappa shape index (κ2) is 5.51. The molecule has 16 heavy (non-hydrogen) atoms. The minimum absolute atomic E-state index is 0.0538. The molecule has 1 rings (SSSR count). The van der Waals surface area contributed by atoms with Crippen molar-refractivity contribution in [2.75, 3.05) is 6.61 Å². The minimum Gasteiger partial charge on any atom is -0.374 e. The zero-order valence-corrected chi connectivity index (χ0v) is 10.9. The summed E-state index contributed by atoms with van der Waals surface area (Å²) in [6.07, 6.45) is 5.17. The molecule has 0 radical (unpaired) electrons. The Labute approximate surface area is 98.6 Å².